The van der Waals surface area contributed by atoms with Crippen molar-refractivity contribution in [2.75, 3.05) is 7.11 Å². The van der Waals surface area contributed by atoms with E-state index in [0.29, 0.717) is 11.3 Å². The van der Waals surface area contributed by atoms with Crippen LogP contribution in [0.3, 0.4) is 0 Å². The molecule has 0 aliphatic carbocycles. The number of nitro groups is 1. The Morgan fingerprint density at radius 2 is 2.00 bits per heavy atom. The average Bonchev–Trinajstić information content (AvgIpc) is 3.09. The number of halogens is 3. The van der Waals surface area contributed by atoms with Gasteiger partial charge in [0.05, 0.1) is 24.1 Å². The van der Waals surface area contributed by atoms with E-state index in [2.05, 4.69) is 15.4 Å². The van der Waals surface area contributed by atoms with Crippen molar-refractivity contribution in [3.63, 3.8) is 0 Å². The minimum atomic E-state index is -4.48. The van der Waals surface area contributed by atoms with Crippen molar-refractivity contribution in [3.8, 4) is 17.1 Å². The molecule has 0 amide bonds. The van der Waals surface area contributed by atoms with Gasteiger partial charge in [-0.2, -0.15) is 18.0 Å². The molecule has 0 saturated heterocycles. The van der Waals surface area contributed by atoms with Crippen molar-refractivity contribution in [3.05, 3.63) is 63.7 Å². The minimum absolute atomic E-state index is 0.00316. The molecule has 11 heteroatoms. The quantitative estimate of drug-likeness (QED) is 0.498. The molecule has 0 bridgehead atoms. The molecule has 0 radical (unpaired) electrons. The first-order chi connectivity index (χ1) is 12.8. The Morgan fingerprint density at radius 3 is 2.67 bits per heavy atom. The lowest BCUT2D eigenvalue weighted by Gasteiger charge is -2.07. The highest BCUT2D eigenvalue weighted by atomic mass is 19.4. The third-order valence-corrected chi connectivity index (χ3v) is 3.69. The standard InChI is InChI=1S/C16H12F3N5O3/c1-27-14-6-5-13(24(25)26)8-11(14)9-23-21-15(20-22-23)10-3-2-4-12(7-10)16(17,18)19/h2-8H,9H2,1H3. The van der Waals surface area contributed by atoms with E-state index in [4.69, 9.17) is 4.74 Å². The largest absolute Gasteiger partial charge is 0.496 e. The zero-order chi connectivity index (χ0) is 19.6. The number of ether oxygens (including phenoxy) is 1. The minimum Gasteiger partial charge on any atom is -0.496 e. The number of nitrogens with zero attached hydrogens (tertiary/aromatic N) is 5. The number of nitro benzene ring substituents is 1. The van der Waals surface area contributed by atoms with Crippen LogP contribution >= 0.6 is 0 Å². The second kappa shape index (κ2) is 7.02. The number of aromatic nitrogens is 4. The van der Waals surface area contributed by atoms with E-state index < -0.39 is 16.7 Å². The maximum absolute atomic E-state index is 12.8. The van der Waals surface area contributed by atoms with Crippen molar-refractivity contribution in [2.24, 2.45) is 0 Å². The van der Waals surface area contributed by atoms with Crippen molar-refractivity contribution in [2.45, 2.75) is 12.7 Å². The van der Waals surface area contributed by atoms with Gasteiger partial charge >= 0.3 is 6.18 Å². The first-order valence-electron chi connectivity index (χ1n) is 7.54. The molecule has 0 aliphatic heterocycles. The predicted octanol–water partition coefficient (Wildman–Crippen LogP) is 3.32. The topological polar surface area (TPSA) is 96.0 Å². The summed E-state index contributed by atoms with van der Waals surface area (Å²) >= 11 is 0. The smallest absolute Gasteiger partial charge is 0.416 e. The number of tetrazole rings is 1. The zero-order valence-corrected chi connectivity index (χ0v) is 13.8. The van der Waals surface area contributed by atoms with E-state index in [-0.39, 0.29) is 23.6 Å². The number of alkyl halides is 3. The average molecular weight is 379 g/mol. The molecule has 1 aromatic heterocycles. The van der Waals surface area contributed by atoms with Crippen molar-refractivity contribution in [1.29, 1.82) is 0 Å². The normalized spacial score (nSPS) is 11.4. The lowest BCUT2D eigenvalue weighted by Crippen LogP contribution is -2.06. The molecule has 0 aliphatic rings. The predicted molar refractivity (Wildman–Crippen MR) is 87.0 cm³/mol. The van der Waals surface area contributed by atoms with Crippen LogP contribution in [-0.2, 0) is 12.7 Å². The number of hydrogen-bond donors (Lipinski definition) is 0. The first-order valence-corrected chi connectivity index (χ1v) is 7.54. The molecule has 0 saturated carbocycles. The molecule has 3 aromatic rings. The Balaban J connectivity index is 1.89. The second-order valence-electron chi connectivity index (χ2n) is 5.48. The Morgan fingerprint density at radius 1 is 1.22 bits per heavy atom. The molecule has 0 N–H and O–H groups in total. The van der Waals surface area contributed by atoms with Gasteiger partial charge in [-0.25, -0.2) is 0 Å². The summed E-state index contributed by atoms with van der Waals surface area (Å²) in [6, 6.07) is 8.61. The SMILES string of the molecule is COc1ccc([N+](=O)[O-])cc1Cn1nnc(-c2cccc(C(F)(F)F)c2)n1. The highest BCUT2D eigenvalue weighted by molar-refractivity contribution is 5.55. The van der Waals surface area contributed by atoms with Gasteiger partial charge in [-0.15, -0.1) is 10.2 Å². The van der Waals surface area contributed by atoms with Gasteiger partial charge in [0.1, 0.15) is 5.75 Å². The van der Waals surface area contributed by atoms with Crippen molar-refractivity contribution >= 4 is 5.69 Å². The van der Waals surface area contributed by atoms with Crippen LogP contribution in [0.25, 0.3) is 11.4 Å². The lowest BCUT2D eigenvalue weighted by molar-refractivity contribution is -0.384. The molecule has 1 heterocycles. The van der Waals surface area contributed by atoms with Gasteiger partial charge in [0.2, 0.25) is 5.82 Å². The molecule has 140 valence electrons. The maximum Gasteiger partial charge on any atom is 0.416 e. The van der Waals surface area contributed by atoms with E-state index in [1.807, 2.05) is 0 Å². The molecule has 2 aromatic carbocycles. The summed E-state index contributed by atoms with van der Waals surface area (Å²) in [4.78, 5) is 11.5. The van der Waals surface area contributed by atoms with E-state index in [1.54, 1.807) is 0 Å². The van der Waals surface area contributed by atoms with Crippen LogP contribution in [0.2, 0.25) is 0 Å². The summed E-state index contributed by atoms with van der Waals surface area (Å²) in [7, 11) is 1.41. The highest BCUT2D eigenvalue weighted by Crippen LogP contribution is 2.31. The molecule has 0 fully saturated rings. The number of non-ortho nitro benzene ring substituents is 1. The van der Waals surface area contributed by atoms with Crippen LogP contribution in [0, 0.1) is 10.1 Å². The molecule has 0 spiro atoms. The number of benzene rings is 2. The van der Waals surface area contributed by atoms with E-state index in [9.17, 15) is 23.3 Å². The van der Waals surface area contributed by atoms with Crippen molar-refractivity contribution in [1.82, 2.24) is 20.2 Å². The van der Waals surface area contributed by atoms with Gasteiger partial charge in [0.15, 0.2) is 0 Å². The van der Waals surface area contributed by atoms with Crippen LogP contribution in [-0.4, -0.2) is 32.2 Å². The molecule has 8 nitrogen and oxygen atoms in total. The molecular formula is C16H12F3N5O3. The van der Waals surface area contributed by atoms with Crippen LogP contribution in [0.4, 0.5) is 18.9 Å². The van der Waals surface area contributed by atoms with Crippen molar-refractivity contribution < 1.29 is 22.8 Å². The highest BCUT2D eigenvalue weighted by Gasteiger charge is 2.30. The van der Waals surface area contributed by atoms with Gasteiger partial charge in [-0.05, 0) is 23.4 Å². The van der Waals surface area contributed by atoms with Crippen LogP contribution in [0.15, 0.2) is 42.5 Å². The summed E-state index contributed by atoms with van der Waals surface area (Å²) < 4.78 is 43.7. The van der Waals surface area contributed by atoms with E-state index in [0.717, 1.165) is 16.9 Å². The third-order valence-electron chi connectivity index (χ3n) is 3.69. The van der Waals surface area contributed by atoms with Gasteiger partial charge in [0, 0.05) is 23.3 Å². The van der Waals surface area contributed by atoms with Crippen LogP contribution in [0.1, 0.15) is 11.1 Å². The fraction of sp³-hybridized carbons (Fsp3) is 0.188. The monoisotopic (exact) mass is 379 g/mol. The van der Waals surface area contributed by atoms with Gasteiger partial charge in [-0.3, -0.25) is 10.1 Å². The van der Waals surface area contributed by atoms with Gasteiger partial charge in [0.25, 0.3) is 5.69 Å². The van der Waals surface area contributed by atoms with Gasteiger partial charge in [-0.1, -0.05) is 12.1 Å². The number of hydrogen-bond acceptors (Lipinski definition) is 6. The van der Waals surface area contributed by atoms with Gasteiger partial charge < -0.3 is 4.74 Å². The first kappa shape index (κ1) is 18.3. The van der Waals surface area contributed by atoms with E-state index >= 15 is 0 Å². The molecule has 0 unspecified atom stereocenters. The molecule has 3 rings (SSSR count). The summed E-state index contributed by atoms with van der Waals surface area (Å²) in [6.45, 7) is -0.00316. The fourth-order valence-corrected chi connectivity index (χ4v) is 2.41. The maximum atomic E-state index is 12.8. The Labute approximate surface area is 150 Å². The second-order valence-corrected chi connectivity index (χ2v) is 5.48. The lowest BCUT2D eigenvalue weighted by atomic mass is 10.1. The summed E-state index contributed by atoms with van der Waals surface area (Å²) in [5, 5.41) is 22.5. The number of rotatable bonds is 5. The zero-order valence-electron chi connectivity index (χ0n) is 13.8. The Hall–Kier alpha value is -3.50. The van der Waals surface area contributed by atoms with E-state index in [1.165, 1.54) is 37.4 Å². The van der Waals surface area contributed by atoms with Crippen LogP contribution in [0.5, 0.6) is 5.75 Å². The third kappa shape index (κ3) is 4.02. The Bertz CT molecular complexity index is 987. The molecule has 27 heavy (non-hydrogen) atoms. The Kier molecular flexibility index (Phi) is 4.75. The van der Waals surface area contributed by atoms with Crippen LogP contribution < -0.4 is 4.74 Å². The summed E-state index contributed by atoms with van der Waals surface area (Å²) in [5.41, 5.74) is -0.373. The molecular weight excluding hydrogens is 367 g/mol. The summed E-state index contributed by atoms with van der Waals surface area (Å²) in [6.07, 6.45) is -4.48. The fourth-order valence-electron chi connectivity index (χ4n) is 2.41. The number of methoxy groups -OCH3 is 1. The molecule has 0 atom stereocenters. The summed E-state index contributed by atoms with van der Waals surface area (Å²) in [5.74, 6) is 0.393.